The average molecular weight is 244 g/mol. The Hall–Kier alpha value is -1.06. The Morgan fingerprint density at radius 1 is 1.20 bits per heavy atom. The maximum Gasteiger partial charge on any atom is 0.299 e. The number of benzene rings is 1. The number of rotatable bonds is 1. The first-order valence-corrected chi connectivity index (χ1v) is 5.17. The molecule has 0 aromatic heterocycles. The molecule has 0 saturated carbocycles. The largest absolute Gasteiger partial charge is 0.304 e. The summed E-state index contributed by atoms with van der Waals surface area (Å²) in [6, 6.07) is 3.10. The van der Waals surface area contributed by atoms with Crippen LogP contribution in [0, 0.1) is 0 Å². The maximum atomic E-state index is 11.6. The van der Waals surface area contributed by atoms with E-state index in [-0.39, 0.29) is 10.6 Å². The van der Waals surface area contributed by atoms with Crippen molar-refractivity contribution in [2.24, 2.45) is 0 Å². The van der Waals surface area contributed by atoms with Gasteiger partial charge >= 0.3 is 0 Å². The first-order chi connectivity index (χ1) is 7.07. The molecule has 1 aromatic rings. The first-order valence-electron chi connectivity index (χ1n) is 4.42. The molecule has 1 aromatic carbocycles. The van der Waals surface area contributed by atoms with Crippen molar-refractivity contribution in [2.45, 2.75) is 6.92 Å². The molecule has 0 aliphatic carbocycles. The third-order valence-corrected chi connectivity index (χ3v) is 2.95. The fourth-order valence-electron chi connectivity index (χ4n) is 1.65. The van der Waals surface area contributed by atoms with Gasteiger partial charge in [-0.25, -0.2) is 0 Å². The second-order valence-electron chi connectivity index (χ2n) is 3.13. The molecule has 15 heavy (non-hydrogen) atoms. The van der Waals surface area contributed by atoms with Crippen LogP contribution in [-0.2, 0) is 4.79 Å². The summed E-state index contributed by atoms with van der Waals surface area (Å²) >= 11 is 11.8. The number of anilines is 1. The number of hydrogen-bond acceptors (Lipinski definition) is 2. The minimum atomic E-state index is -0.584. The monoisotopic (exact) mass is 243 g/mol. The van der Waals surface area contributed by atoms with Crippen molar-refractivity contribution in [1.29, 1.82) is 0 Å². The fraction of sp³-hybridized carbons (Fsp3) is 0.200. The second-order valence-corrected chi connectivity index (χ2v) is 3.95. The highest BCUT2D eigenvalue weighted by Gasteiger charge is 2.38. The molecular weight excluding hydrogens is 237 g/mol. The molecule has 0 fully saturated rings. The van der Waals surface area contributed by atoms with E-state index in [4.69, 9.17) is 23.2 Å². The van der Waals surface area contributed by atoms with Crippen LogP contribution in [0.2, 0.25) is 10.0 Å². The van der Waals surface area contributed by atoms with Gasteiger partial charge in [0.2, 0.25) is 0 Å². The van der Waals surface area contributed by atoms with E-state index in [0.717, 1.165) is 0 Å². The van der Waals surface area contributed by atoms with Gasteiger partial charge in [0, 0.05) is 6.54 Å². The van der Waals surface area contributed by atoms with Gasteiger partial charge in [-0.2, -0.15) is 0 Å². The molecule has 1 aliphatic rings. The zero-order chi connectivity index (χ0) is 11.2. The van der Waals surface area contributed by atoms with E-state index in [0.29, 0.717) is 17.3 Å². The normalized spacial score (nSPS) is 14.7. The third kappa shape index (κ3) is 1.34. The van der Waals surface area contributed by atoms with Gasteiger partial charge in [-0.15, -0.1) is 0 Å². The van der Waals surface area contributed by atoms with Crippen LogP contribution in [0.1, 0.15) is 17.3 Å². The minimum absolute atomic E-state index is 0.219. The molecule has 1 amide bonds. The summed E-state index contributed by atoms with van der Waals surface area (Å²) in [6.45, 7) is 2.18. The molecule has 3 nitrogen and oxygen atoms in total. The highest BCUT2D eigenvalue weighted by molar-refractivity contribution is 6.56. The molecule has 5 heteroatoms. The molecule has 0 bridgehead atoms. The van der Waals surface area contributed by atoms with E-state index in [2.05, 4.69) is 0 Å². The first kappa shape index (κ1) is 10.5. The van der Waals surface area contributed by atoms with E-state index in [9.17, 15) is 9.59 Å². The molecule has 2 rings (SSSR count). The van der Waals surface area contributed by atoms with Crippen LogP contribution in [-0.4, -0.2) is 18.2 Å². The molecule has 1 heterocycles. The third-order valence-electron chi connectivity index (χ3n) is 2.33. The van der Waals surface area contributed by atoms with Crippen LogP contribution in [0.3, 0.4) is 0 Å². The summed E-state index contributed by atoms with van der Waals surface area (Å²) in [5.74, 6) is -1.15. The van der Waals surface area contributed by atoms with Crippen molar-refractivity contribution in [3.8, 4) is 0 Å². The van der Waals surface area contributed by atoms with Gasteiger partial charge in [0.1, 0.15) is 0 Å². The van der Waals surface area contributed by atoms with Gasteiger partial charge in [0.15, 0.2) is 0 Å². The summed E-state index contributed by atoms with van der Waals surface area (Å²) in [5.41, 5.74) is 0.651. The van der Waals surface area contributed by atoms with E-state index < -0.39 is 11.7 Å². The van der Waals surface area contributed by atoms with Gasteiger partial charge in [-0.3, -0.25) is 9.59 Å². The molecule has 78 valence electrons. The lowest BCUT2D eigenvalue weighted by atomic mass is 10.1. The number of hydrogen-bond donors (Lipinski definition) is 0. The Kier molecular flexibility index (Phi) is 2.44. The molecule has 0 saturated heterocycles. The lowest BCUT2D eigenvalue weighted by molar-refractivity contribution is -0.114. The predicted octanol–water partition coefficient (Wildman–Crippen LogP) is 2.54. The van der Waals surface area contributed by atoms with E-state index in [1.54, 1.807) is 13.0 Å². The van der Waals surface area contributed by atoms with Crippen molar-refractivity contribution in [2.75, 3.05) is 11.4 Å². The number of amides is 1. The second kappa shape index (κ2) is 3.51. The van der Waals surface area contributed by atoms with E-state index >= 15 is 0 Å². The SMILES string of the molecule is CCN1C(=O)C(=O)c2c(Cl)ccc(Cl)c21. The fourth-order valence-corrected chi connectivity index (χ4v) is 2.15. The van der Waals surface area contributed by atoms with Gasteiger partial charge in [0.25, 0.3) is 11.7 Å². The predicted molar refractivity (Wildman–Crippen MR) is 58.8 cm³/mol. The van der Waals surface area contributed by atoms with Crippen LogP contribution >= 0.6 is 23.2 Å². The quantitative estimate of drug-likeness (QED) is 0.712. The molecular formula is C10H7Cl2NO2. The van der Waals surface area contributed by atoms with Crippen molar-refractivity contribution in [3.63, 3.8) is 0 Å². The smallest absolute Gasteiger partial charge is 0.299 e. The number of carbonyl (C=O) groups is 2. The van der Waals surface area contributed by atoms with Gasteiger partial charge in [-0.1, -0.05) is 23.2 Å². The Balaban J connectivity index is 2.75. The highest BCUT2D eigenvalue weighted by Crippen LogP contribution is 2.39. The lowest BCUT2D eigenvalue weighted by Crippen LogP contribution is -2.29. The van der Waals surface area contributed by atoms with Crippen LogP contribution in [0.15, 0.2) is 12.1 Å². The Labute approximate surface area is 96.6 Å². The number of nitrogens with zero attached hydrogens (tertiary/aromatic N) is 1. The summed E-state index contributed by atoms with van der Waals surface area (Å²) in [5, 5.41) is 0.638. The topological polar surface area (TPSA) is 37.4 Å². The Bertz CT molecular complexity index is 471. The van der Waals surface area contributed by atoms with Gasteiger partial charge in [-0.05, 0) is 19.1 Å². The summed E-state index contributed by atoms with van der Waals surface area (Å²) in [7, 11) is 0. The minimum Gasteiger partial charge on any atom is -0.304 e. The highest BCUT2D eigenvalue weighted by atomic mass is 35.5. The van der Waals surface area contributed by atoms with Gasteiger partial charge in [0.05, 0.1) is 21.3 Å². The van der Waals surface area contributed by atoms with E-state index in [1.807, 2.05) is 0 Å². The number of ketones is 1. The average Bonchev–Trinajstić information content (AvgIpc) is 2.47. The standard InChI is InChI=1S/C10H7Cl2NO2/c1-2-13-8-6(12)4-3-5(11)7(8)9(14)10(13)15/h3-4H,2H2,1H3. The Morgan fingerprint density at radius 2 is 1.80 bits per heavy atom. The van der Waals surface area contributed by atoms with Crippen LogP contribution in [0.4, 0.5) is 5.69 Å². The van der Waals surface area contributed by atoms with Crippen LogP contribution < -0.4 is 4.90 Å². The molecule has 0 N–H and O–H groups in total. The maximum absolute atomic E-state index is 11.6. The van der Waals surface area contributed by atoms with Gasteiger partial charge < -0.3 is 4.90 Å². The molecule has 0 unspecified atom stereocenters. The number of carbonyl (C=O) groups excluding carboxylic acids is 2. The van der Waals surface area contributed by atoms with Crippen LogP contribution in [0.25, 0.3) is 0 Å². The molecule has 1 aliphatic heterocycles. The van der Waals surface area contributed by atoms with Crippen molar-refractivity contribution < 1.29 is 9.59 Å². The number of fused-ring (bicyclic) bond motifs is 1. The summed E-state index contributed by atoms with van der Waals surface area (Å²) < 4.78 is 0. The number of likely N-dealkylation sites (N-methyl/N-ethyl adjacent to an activating group) is 1. The molecule has 0 spiro atoms. The van der Waals surface area contributed by atoms with Crippen molar-refractivity contribution in [3.05, 3.63) is 27.7 Å². The number of Topliss-reactive ketones (excluding diaryl/α,β-unsaturated/α-hetero) is 1. The number of halogens is 2. The molecule has 0 radical (unpaired) electrons. The van der Waals surface area contributed by atoms with Crippen molar-refractivity contribution in [1.82, 2.24) is 0 Å². The zero-order valence-electron chi connectivity index (χ0n) is 7.88. The van der Waals surface area contributed by atoms with E-state index in [1.165, 1.54) is 11.0 Å². The summed E-state index contributed by atoms with van der Waals surface area (Å²) in [6.07, 6.45) is 0. The zero-order valence-corrected chi connectivity index (χ0v) is 9.39. The summed E-state index contributed by atoms with van der Waals surface area (Å²) in [4.78, 5) is 24.5. The lowest BCUT2D eigenvalue weighted by Gasteiger charge is -2.14. The van der Waals surface area contributed by atoms with Crippen LogP contribution in [0.5, 0.6) is 0 Å². The van der Waals surface area contributed by atoms with Crippen molar-refractivity contribution >= 4 is 40.6 Å². The molecule has 0 atom stereocenters. The Morgan fingerprint density at radius 3 is 2.40 bits per heavy atom.